The lowest BCUT2D eigenvalue weighted by Crippen LogP contribution is -2.44. The lowest BCUT2D eigenvalue weighted by molar-refractivity contribution is 0.0601. The van der Waals surface area contributed by atoms with Crippen LogP contribution in [0.25, 0.3) is 10.9 Å². The molecule has 2 aromatic heterocycles. The minimum Gasteiger partial charge on any atom is -0.466 e. The molecule has 0 bridgehead atoms. The molecule has 0 radical (unpaired) electrons. The summed E-state index contributed by atoms with van der Waals surface area (Å²) in [6.45, 7) is 9.06. The Hall–Kier alpha value is -2.86. The van der Waals surface area contributed by atoms with Gasteiger partial charge in [-0.3, -0.25) is 4.98 Å². The normalized spacial score (nSPS) is 14.1. The standard InChI is InChI=1S/C22H28N4O2/c1-5-23-21(26-14-22(4,27)19-12-15(2)28-16(19)3)25-13-18-9-6-8-17-10-7-11-24-20(17)18/h6-12,27H,5,13-14H2,1-4H3,(H2,23,25,26). The average molecular weight is 380 g/mol. The molecule has 6 heteroatoms. The van der Waals surface area contributed by atoms with Gasteiger partial charge in [0.25, 0.3) is 0 Å². The maximum absolute atomic E-state index is 10.9. The summed E-state index contributed by atoms with van der Waals surface area (Å²) in [6, 6.07) is 12.0. The Morgan fingerprint density at radius 2 is 2.00 bits per heavy atom. The number of hydrogen-bond acceptors (Lipinski definition) is 4. The van der Waals surface area contributed by atoms with Crippen molar-refractivity contribution in [2.45, 2.75) is 39.8 Å². The number of aliphatic hydroxyl groups is 1. The van der Waals surface area contributed by atoms with E-state index in [1.54, 1.807) is 13.1 Å². The van der Waals surface area contributed by atoms with Crippen LogP contribution in [0.4, 0.5) is 0 Å². The summed E-state index contributed by atoms with van der Waals surface area (Å²) in [5, 5.41) is 18.5. The highest BCUT2D eigenvalue weighted by atomic mass is 16.3. The molecule has 0 amide bonds. The van der Waals surface area contributed by atoms with Gasteiger partial charge in [0.2, 0.25) is 0 Å². The van der Waals surface area contributed by atoms with E-state index in [9.17, 15) is 5.11 Å². The van der Waals surface area contributed by atoms with Gasteiger partial charge >= 0.3 is 0 Å². The number of rotatable bonds is 6. The number of nitrogens with zero attached hydrogens (tertiary/aromatic N) is 2. The first-order valence-corrected chi connectivity index (χ1v) is 9.55. The van der Waals surface area contributed by atoms with Crippen molar-refractivity contribution < 1.29 is 9.52 Å². The van der Waals surface area contributed by atoms with E-state index in [1.807, 2.05) is 57.2 Å². The minimum absolute atomic E-state index is 0.312. The van der Waals surface area contributed by atoms with Crippen molar-refractivity contribution in [3.8, 4) is 0 Å². The Balaban J connectivity index is 1.75. The molecule has 0 aliphatic rings. The van der Waals surface area contributed by atoms with Crippen LogP contribution in [0.5, 0.6) is 0 Å². The monoisotopic (exact) mass is 380 g/mol. The van der Waals surface area contributed by atoms with E-state index in [0.717, 1.165) is 40.1 Å². The van der Waals surface area contributed by atoms with Crippen molar-refractivity contribution in [3.63, 3.8) is 0 Å². The van der Waals surface area contributed by atoms with Gasteiger partial charge in [-0.15, -0.1) is 0 Å². The molecule has 0 fully saturated rings. The number of aliphatic imine (C=N–C) groups is 1. The van der Waals surface area contributed by atoms with E-state index in [1.165, 1.54) is 0 Å². The minimum atomic E-state index is -1.07. The van der Waals surface area contributed by atoms with Crippen molar-refractivity contribution in [2.24, 2.45) is 4.99 Å². The molecule has 0 aliphatic heterocycles. The molecular weight excluding hydrogens is 352 g/mol. The molecule has 0 spiro atoms. The number of pyridine rings is 1. The van der Waals surface area contributed by atoms with Gasteiger partial charge < -0.3 is 20.2 Å². The van der Waals surface area contributed by atoms with Crippen LogP contribution in [0.2, 0.25) is 0 Å². The van der Waals surface area contributed by atoms with E-state index < -0.39 is 5.60 Å². The Labute approximate surface area is 165 Å². The number of benzene rings is 1. The topological polar surface area (TPSA) is 82.7 Å². The molecule has 0 aliphatic carbocycles. The Bertz CT molecular complexity index is 970. The molecule has 1 unspecified atom stereocenters. The highest BCUT2D eigenvalue weighted by Crippen LogP contribution is 2.26. The van der Waals surface area contributed by atoms with Crippen LogP contribution in [0, 0.1) is 13.8 Å². The van der Waals surface area contributed by atoms with Gasteiger partial charge in [0.1, 0.15) is 17.1 Å². The summed E-state index contributed by atoms with van der Waals surface area (Å²) in [5.41, 5.74) is 1.73. The molecule has 28 heavy (non-hydrogen) atoms. The average Bonchev–Trinajstić information content (AvgIpc) is 3.03. The molecule has 1 aromatic carbocycles. The van der Waals surface area contributed by atoms with Crippen LogP contribution in [0.15, 0.2) is 52.0 Å². The summed E-state index contributed by atoms with van der Waals surface area (Å²) < 4.78 is 5.56. The van der Waals surface area contributed by atoms with E-state index >= 15 is 0 Å². The van der Waals surface area contributed by atoms with Crippen molar-refractivity contribution >= 4 is 16.9 Å². The van der Waals surface area contributed by atoms with Crippen LogP contribution in [-0.4, -0.2) is 29.1 Å². The number of aryl methyl sites for hydroxylation is 2. The van der Waals surface area contributed by atoms with E-state index in [-0.39, 0.29) is 0 Å². The molecule has 1 atom stereocenters. The highest BCUT2D eigenvalue weighted by Gasteiger charge is 2.27. The van der Waals surface area contributed by atoms with Gasteiger partial charge in [0, 0.05) is 23.7 Å². The number of fused-ring (bicyclic) bond motifs is 1. The second-order valence-electron chi connectivity index (χ2n) is 7.14. The Morgan fingerprint density at radius 3 is 2.71 bits per heavy atom. The third-order valence-corrected chi connectivity index (χ3v) is 4.69. The van der Waals surface area contributed by atoms with Crippen molar-refractivity contribution in [3.05, 3.63) is 65.2 Å². The largest absolute Gasteiger partial charge is 0.466 e. The molecule has 0 saturated heterocycles. The Morgan fingerprint density at radius 1 is 1.21 bits per heavy atom. The second kappa shape index (κ2) is 8.44. The predicted molar refractivity (Wildman–Crippen MR) is 112 cm³/mol. The van der Waals surface area contributed by atoms with E-state index in [0.29, 0.717) is 19.0 Å². The number of furan rings is 1. The van der Waals surface area contributed by atoms with Gasteiger partial charge in [-0.1, -0.05) is 24.3 Å². The summed E-state index contributed by atoms with van der Waals surface area (Å²) >= 11 is 0. The van der Waals surface area contributed by atoms with Crippen LogP contribution in [0.1, 0.15) is 36.5 Å². The van der Waals surface area contributed by atoms with Gasteiger partial charge in [-0.25, -0.2) is 4.99 Å². The van der Waals surface area contributed by atoms with Crippen LogP contribution in [-0.2, 0) is 12.1 Å². The summed E-state index contributed by atoms with van der Waals surface area (Å²) in [4.78, 5) is 9.16. The third kappa shape index (κ3) is 4.51. The first-order chi connectivity index (χ1) is 13.4. The fourth-order valence-electron chi connectivity index (χ4n) is 3.32. The zero-order valence-electron chi connectivity index (χ0n) is 16.9. The number of hydrogen-bond donors (Lipinski definition) is 3. The van der Waals surface area contributed by atoms with Crippen molar-refractivity contribution in [2.75, 3.05) is 13.1 Å². The van der Waals surface area contributed by atoms with Crippen LogP contribution < -0.4 is 10.6 Å². The number of para-hydroxylation sites is 1. The molecule has 6 nitrogen and oxygen atoms in total. The van der Waals surface area contributed by atoms with Gasteiger partial charge in [-0.05, 0) is 45.4 Å². The number of aromatic nitrogens is 1. The Kier molecular flexibility index (Phi) is 5.99. The van der Waals surface area contributed by atoms with Gasteiger partial charge in [0.15, 0.2) is 5.96 Å². The first-order valence-electron chi connectivity index (χ1n) is 9.55. The fourth-order valence-corrected chi connectivity index (χ4v) is 3.32. The molecule has 3 rings (SSSR count). The smallest absolute Gasteiger partial charge is 0.191 e. The summed E-state index contributed by atoms with van der Waals surface area (Å²) in [5.74, 6) is 2.17. The summed E-state index contributed by atoms with van der Waals surface area (Å²) in [7, 11) is 0. The molecule has 148 valence electrons. The second-order valence-corrected chi connectivity index (χ2v) is 7.14. The van der Waals surface area contributed by atoms with Crippen LogP contribution in [0.3, 0.4) is 0 Å². The molecule has 0 saturated carbocycles. The maximum atomic E-state index is 10.9. The summed E-state index contributed by atoms with van der Waals surface area (Å²) in [6.07, 6.45) is 1.80. The maximum Gasteiger partial charge on any atom is 0.191 e. The molecular formula is C22H28N4O2. The van der Waals surface area contributed by atoms with Crippen molar-refractivity contribution in [1.82, 2.24) is 15.6 Å². The third-order valence-electron chi connectivity index (χ3n) is 4.69. The zero-order chi connectivity index (χ0) is 20.1. The first kappa shape index (κ1) is 19.9. The molecule has 2 heterocycles. The van der Waals surface area contributed by atoms with E-state index in [2.05, 4.69) is 20.6 Å². The van der Waals surface area contributed by atoms with Crippen molar-refractivity contribution in [1.29, 1.82) is 0 Å². The van der Waals surface area contributed by atoms with Gasteiger partial charge in [0.05, 0.1) is 18.6 Å². The van der Waals surface area contributed by atoms with E-state index in [4.69, 9.17) is 4.42 Å². The SMILES string of the molecule is CCNC(=NCc1cccc2cccnc12)NCC(C)(O)c1cc(C)oc1C. The van der Waals surface area contributed by atoms with Gasteiger partial charge in [-0.2, -0.15) is 0 Å². The zero-order valence-corrected chi connectivity index (χ0v) is 16.9. The molecule has 3 aromatic rings. The molecule has 3 N–H and O–H groups in total. The quantitative estimate of drug-likeness (QED) is 0.451. The predicted octanol–water partition coefficient (Wildman–Crippen LogP) is 3.41. The highest BCUT2D eigenvalue weighted by molar-refractivity contribution is 5.83. The lowest BCUT2D eigenvalue weighted by Gasteiger charge is -2.24. The number of guanidine groups is 1. The fraction of sp³-hybridized carbons (Fsp3) is 0.364. The van der Waals surface area contributed by atoms with Crippen LogP contribution >= 0.6 is 0 Å². The number of nitrogens with one attached hydrogen (secondary N) is 2. The lowest BCUT2D eigenvalue weighted by atomic mass is 9.96.